The van der Waals surface area contributed by atoms with Crippen molar-refractivity contribution in [2.24, 2.45) is 0 Å². The number of carbonyl (C=O) groups is 2. The van der Waals surface area contributed by atoms with E-state index in [0.29, 0.717) is 17.7 Å². The van der Waals surface area contributed by atoms with E-state index >= 15 is 0 Å². The van der Waals surface area contributed by atoms with Crippen LogP contribution in [0.15, 0.2) is 53.4 Å². The van der Waals surface area contributed by atoms with Crippen LogP contribution >= 0.6 is 0 Å². The Balaban J connectivity index is 1.55. The third-order valence-electron chi connectivity index (χ3n) is 5.04. The first-order valence-electron chi connectivity index (χ1n) is 9.79. The van der Waals surface area contributed by atoms with Crippen molar-refractivity contribution in [3.63, 3.8) is 0 Å². The molecule has 1 heterocycles. The van der Waals surface area contributed by atoms with Gasteiger partial charge < -0.3 is 9.64 Å². The highest BCUT2D eigenvalue weighted by Gasteiger charge is 2.30. The summed E-state index contributed by atoms with van der Waals surface area (Å²) in [6, 6.07) is 15.0. The highest BCUT2D eigenvalue weighted by Crippen LogP contribution is 2.19. The van der Waals surface area contributed by atoms with Gasteiger partial charge in [-0.15, -0.1) is 0 Å². The van der Waals surface area contributed by atoms with Crippen LogP contribution in [0.4, 0.5) is 0 Å². The number of hydrogen-bond donors (Lipinski definition) is 0. The minimum Gasteiger partial charge on any atom is -0.484 e. The fraction of sp³-hybridized carbons (Fsp3) is 0.318. The Kier molecular flexibility index (Phi) is 7.05. The van der Waals surface area contributed by atoms with E-state index in [0.717, 1.165) is 5.56 Å². The number of nitriles is 1. The Morgan fingerprint density at radius 1 is 1.06 bits per heavy atom. The second-order valence-electron chi connectivity index (χ2n) is 7.14. The van der Waals surface area contributed by atoms with Gasteiger partial charge in [-0.1, -0.05) is 24.3 Å². The predicted molar refractivity (Wildman–Crippen MR) is 113 cm³/mol. The van der Waals surface area contributed by atoms with Gasteiger partial charge in [-0.05, 0) is 36.8 Å². The van der Waals surface area contributed by atoms with E-state index in [1.165, 1.54) is 23.4 Å². The zero-order chi connectivity index (χ0) is 22.4. The van der Waals surface area contributed by atoms with Crippen molar-refractivity contribution in [1.29, 1.82) is 5.26 Å². The van der Waals surface area contributed by atoms with E-state index in [4.69, 9.17) is 10.00 Å². The normalized spacial score (nSPS) is 14.6. The van der Waals surface area contributed by atoms with E-state index in [1.54, 1.807) is 41.3 Å². The number of carbonyl (C=O) groups excluding carboxylic acids is 2. The minimum atomic E-state index is -3.74. The van der Waals surface area contributed by atoms with Crippen LogP contribution in [0.5, 0.6) is 5.75 Å². The standard InChI is InChI=1S/C22H23N3O5S/c1-17(26)19-3-2-4-21(15-19)31(28,29)25-13-11-24(12-14-25)22(27)16-30-20-7-5-18(6-8-20)9-10-23/h2-8,15H,9,11-14,16H2,1H3. The molecule has 1 aliphatic rings. The maximum atomic E-state index is 12.9. The number of ether oxygens (including phenoxy) is 1. The highest BCUT2D eigenvalue weighted by molar-refractivity contribution is 7.89. The number of piperazine rings is 1. The third kappa shape index (κ3) is 5.48. The lowest BCUT2D eigenvalue weighted by atomic mass is 10.2. The lowest BCUT2D eigenvalue weighted by Gasteiger charge is -2.34. The van der Waals surface area contributed by atoms with Crippen LogP contribution in [-0.4, -0.2) is 62.1 Å². The van der Waals surface area contributed by atoms with Gasteiger partial charge in [-0.2, -0.15) is 9.57 Å². The van der Waals surface area contributed by atoms with Crippen LogP contribution in [-0.2, 0) is 21.2 Å². The molecule has 0 saturated carbocycles. The molecule has 1 aliphatic heterocycles. The second kappa shape index (κ2) is 9.73. The SMILES string of the molecule is CC(=O)c1cccc(S(=O)(=O)N2CCN(C(=O)COc3ccc(CC#N)cc3)CC2)c1. The van der Waals surface area contributed by atoms with Gasteiger partial charge in [0.05, 0.1) is 17.4 Å². The first-order valence-corrected chi connectivity index (χ1v) is 11.2. The van der Waals surface area contributed by atoms with Crippen molar-refractivity contribution in [2.75, 3.05) is 32.8 Å². The molecular formula is C22H23N3O5S. The summed E-state index contributed by atoms with van der Waals surface area (Å²) in [6.45, 7) is 2.09. The topological polar surface area (TPSA) is 108 Å². The van der Waals surface area contributed by atoms with Crippen LogP contribution < -0.4 is 4.74 Å². The van der Waals surface area contributed by atoms with Crippen molar-refractivity contribution in [2.45, 2.75) is 18.2 Å². The smallest absolute Gasteiger partial charge is 0.260 e. The highest BCUT2D eigenvalue weighted by atomic mass is 32.2. The fourth-order valence-corrected chi connectivity index (χ4v) is 4.70. The Labute approximate surface area is 181 Å². The maximum absolute atomic E-state index is 12.9. The molecule has 3 rings (SSSR count). The summed E-state index contributed by atoms with van der Waals surface area (Å²) < 4.78 is 32.6. The molecule has 0 aromatic heterocycles. The van der Waals surface area contributed by atoms with Gasteiger partial charge >= 0.3 is 0 Å². The lowest BCUT2D eigenvalue weighted by molar-refractivity contribution is -0.134. The molecule has 1 saturated heterocycles. The van der Waals surface area contributed by atoms with Crippen molar-refractivity contribution in [1.82, 2.24) is 9.21 Å². The van der Waals surface area contributed by atoms with Gasteiger partial charge in [-0.3, -0.25) is 9.59 Å². The number of benzene rings is 2. The maximum Gasteiger partial charge on any atom is 0.260 e. The first kappa shape index (κ1) is 22.5. The van der Waals surface area contributed by atoms with Gasteiger partial charge in [0.25, 0.3) is 5.91 Å². The van der Waals surface area contributed by atoms with E-state index in [1.807, 2.05) is 0 Å². The Morgan fingerprint density at radius 2 is 1.74 bits per heavy atom. The number of Topliss-reactive ketones (excluding diaryl/α,β-unsaturated/α-hetero) is 1. The number of amides is 1. The molecule has 2 aromatic rings. The summed E-state index contributed by atoms with van der Waals surface area (Å²) in [6.07, 6.45) is 0.311. The molecule has 0 radical (unpaired) electrons. The molecule has 0 N–H and O–H groups in total. The monoisotopic (exact) mass is 441 g/mol. The summed E-state index contributed by atoms with van der Waals surface area (Å²) in [4.78, 5) is 25.6. The van der Waals surface area contributed by atoms with Gasteiger partial charge in [0.1, 0.15) is 5.75 Å². The van der Waals surface area contributed by atoms with E-state index in [2.05, 4.69) is 6.07 Å². The molecule has 2 aromatic carbocycles. The summed E-state index contributed by atoms with van der Waals surface area (Å²) >= 11 is 0. The third-order valence-corrected chi connectivity index (χ3v) is 6.93. The number of ketones is 1. The van der Waals surface area contributed by atoms with Gasteiger partial charge in [0.2, 0.25) is 10.0 Å². The molecule has 0 bridgehead atoms. The van der Waals surface area contributed by atoms with Gasteiger partial charge in [0.15, 0.2) is 12.4 Å². The molecule has 0 atom stereocenters. The minimum absolute atomic E-state index is 0.0724. The van der Waals surface area contributed by atoms with Crippen molar-refractivity contribution < 1.29 is 22.7 Å². The van der Waals surface area contributed by atoms with Crippen LogP contribution in [0.2, 0.25) is 0 Å². The fourth-order valence-electron chi connectivity index (χ4n) is 3.23. The summed E-state index contributed by atoms with van der Waals surface area (Å²) in [5.74, 6) is 0.102. The predicted octanol–water partition coefficient (Wildman–Crippen LogP) is 1.87. The molecule has 1 amide bonds. The zero-order valence-electron chi connectivity index (χ0n) is 17.2. The van der Waals surface area contributed by atoms with E-state index in [-0.39, 0.29) is 49.4 Å². The number of sulfonamides is 1. The first-order chi connectivity index (χ1) is 14.8. The van der Waals surface area contributed by atoms with E-state index < -0.39 is 10.0 Å². The second-order valence-corrected chi connectivity index (χ2v) is 9.07. The number of rotatable bonds is 7. The van der Waals surface area contributed by atoms with Crippen LogP contribution in [0, 0.1) is 11.3 Å². The molecule has 9 heteroatoms. The van der Waals surface area contributed by atoms with Crippen molar-refractivity contribution >= 4 is 21.7 Å². The molecule has 31 heavy (non-hydrogen) atoms. The molecule has 0 unspecified atom stereocenters. The zero-order valence-corrected chi connectivity index (χ0v) is 18.0. The van der Waals surface area contributed by atoms with Crippen LogP contribution in [0.3, 0.4) is 0 Å². The summed E-state index contributed by atoms with van der Waals surface area (Å²) in [5, 5.41) is 8.69. The number of nitrogens with zero attached hydrogens (tertiary/aromatic N) is 3. The molecular weight excluding hydrogens is 418 g/mol. The van der Waals surface area contributed by atoms with Gasteiger partial charge in [-0.25, -0.2) is 8.42 Å². The molecule has 1 fully saturated rings. The van der Waals surface area contributed by atoms with Gasteiger partial charge in [0, 0.05) is 31.7 Å². The average Bonchev–Trinajstić information content (AvgIpc) is 2.78. The summed E-state index contributed by atoms with van der Waals surface area (Å²) in [7, 11) is -3.74. The van der Waals surface area contributed by atoms with Crippen molar-refractivity contribution in [3.05, 3.63) is 59.7 Å². The largest absolute Gasteiger partial charge is 0.484 e. The van der Waals surface area contributed by atoms with Crippen LogP contribution in [0.25, 0.3) is 0 Å². The van der Waals surface area contributed by atoms with Crippen LogP contribution in [0.1, 0.15) is 22.8 Å². The summed E-state index contributed by atoms with van der Waals surface area (Å²) in [5.41, 5.74) is 1.21. The molecule has 162 valence electrons. The van der Waals surface area contributed by atoms with E-state index in [9.17, 15) is 18.0 Å². The lowest BCUT2D eigenvalue weighted by Crippen LogP contribution is -2.51. The average molecular weight is 442 g/mol. The Bertz CT molecular complexity index is 1100. The Hall–Kier alpha value is -3.22. The molecule has 0 spiro atoms. The Morgan fingerprint density at radius 3 is 2.35 bits per heavy atom. The quantitative estimate of drug-likeness (QED) is 0.607. The molecule has 0 aliphatic carbocycles. The van der Waals surface area contributed by atoms with Crippen molar-refractivity contribution in [3.8, 4) is 11.8 Å². The molecule has 8 nitrogen and oxygen atoms in total. The number of hydrogen-bond acceptors (Lipinski definition) is 6.